The van der Waals surface area contributed by atoms with Crippen molar-refractivity contribution in [3.05, 3.63) is 47.5 Å². The lowest BCUT2D eigenvalue weighted by Crippen LogP contribution is -2.48. The van der Waals surface area contributed by atoms with Gasteiger partial charge in [0.2, 0.25) is 0 Å². The number of carbonyl (C=O) groups is 1. The van der Waals surface area contributed by atoms with Crippen LogP contribution in [0.2, 0.25) is 0 Å². The number of hydrogen-bond acceptors (Lipinski definition) is 5. The molecule has 7 nitrogen and oxygen atoms in total. The average Bonchev–Trinajstić information content (AvgIpc) is 2.95. The Labute approximate surface area is 152 Å². The molecule has 3 aromatic heterocycles. The first-order valence-electron chi connectivity index (χ1n) is 8.80. The fourth-order valence-corrected chi connectivity index (χ4v) is 3.63. The van der Waals surface area contributed by atoms with Gasteiger partial charge in [0.1, 0.15) is 0 Å². The average molecular weight is 350 g/mol. The summed E-state index contributed by atoms with van der Waals surface area (Å²) in [5.41, 5.74) is 4.29. The van der Waals surface area contributed by atoms with Crippen molar-refractivity contribution in [1.82, 2.24) is 24.6 Å². The molecule has 3 aromatic rings. The molecule has 1 amide bonds. The van der Waals surface area contributed by atoms with Crippen LogP contribution < -0.4 is 4.90 Å². The zero-order valence-electron chi connectivity index (χ0n) is 15.3. The first kappa shape index (κ1) is 16.5. The SMILES string of the molecule is Cc1cc(C(=O)N2CCN(c3ccncc3)CC2)c2c(C)nn(C)c2n1. The van der Waals surface area contributed by atoms with Gasteiger partial charge in [-0.15, -0.1) is 0 Å². The molecule has 0 radical (unpaired) electrons. The van der Waals surface area contributed by atoms with Gasteiger partial charge in [0, 0.05) is 57.0 Å². The van der Waals surface area contributed by atoms with E-state index < -0.39 is 0 Å². The number of pyridine rings is 2. The van der Waals surface area contributed by atoms with E-state index in [1.165, 1.54) is 0 Å². The summed E-state index contributed by atoms with van der Waals surface area (Å²) < 4.78 is 1.75. The van der Waals surface area contributed by atoms with Crippen LogP contribution >= 0.6 is 0 Å². The normalized spacial score (nSPS) is 14.9. The number of nitrogens with zero attached hydrogens (tertiary/aromatic N) is 6. The van der Waals surface area contributed by atoms with E-state index in [0.717, 1.165) is 41.2 Å². The van der Waals surface area contributed by atoms with Crippen LogP contribution in [0.25, 0.3) is 11.0 Å². The molecule has 1 aliphatic rings. The molecule has 0 N–H and O–H groups in total. The van der Waals surface area contributed by atoms with Crippen molar-refractivity contribution in [3.63, 3.8) is 0 Å². The van der Waals surface area contributed by atoms with E-state index in [1.807, 2.05) is 44.0 Å². The molecule has 26 heavy (non-hydrogen) atoms. The number of amides is 1. The third-order valence-corrected chi connectivity index (χ3v) is 4.92. The third kappa shape index (κ3) is 2.79. The molecular weight excluding hydrogens is 328 g/mol. The van der Waals surface area contributed by atoms with Gasteiger partial charge in [-0.2, -0.15) is 5.10 Å². The molecular formula is C19H22N6O. The molecule has 1 fully saturated rings. The number of carbonyl (C=O) groups excluding carboxylic acids is 1. The van der Waals surface area contributed by atoms with E-state index in [9.17, 15) is 4.79 Å². The highest BCUT2D eigenvalue weighted by molar-refractivity contribution is 6.06. The number of fused-ring (bicyclic) bond motifs is 1. The summed E-state index contributed by atoms with van der Waals surface area (Å²) in [6.45, 7) is 6.87. The van der Waals surface area contributed by atoms with Crippen molar-refractivity contribution in [1.29, 1.82) is 0 Å². The van der Waals surface area contributed by atoms with Gasteiger partial charge in [-0.25, -0.2) is 4.98 Å². The van der Waals surface area contributed by atoms with Gasteiger partial charge in [-0.05, 0) is 32.0 Å². The summed E-state index contributed by atoms with van der Waals surface area (Å²) in [6, 6.07) is 5.90. The largest absolute Gasteiger partial charge is 0.368 e. The lowest BCUT2D eigenvalue weighted by Gasteiger charge is -2.36. The van der Waals surface area contributed by atoms with E-state index in [-0.39, 0.29) is 5.91 Å². The second kappa shape index (κ2) is 6.40. The first-order valence-corrected chi connectivity index (χ1v) is 8.80. The molecule has 0 unspecified atom stereocenters. The Morgan fingerprint density at radius 1 is 1.08 bits per heavy atom. The van der Waals surface area contributed by atoms with Gasteiger partial charge in [-0.3, -0.25) is 14.5 Å². The number of hydrogen-bond donors (Lipinski definition) is 0. The van der Waals surface area contributed by atoms with Gasteiger partial charge in [0.25, 0.3) is 5.91 Å². The van der Waals surface area contributed by atoms with E-state index in [4.69, 9.17) is 0 Å². The van der Waals surface area contributed by atoms with Gasteiger partial charge < -0.3 is 9.80 Å². The third-order valence-electron chi connectivity index (χ3n) is 4.92. The van der Waals surface area contributed by atoms with E-state index in [2.05, 4.69) is 20.0 Å². The van der Waals surface area contributed by atoms with Crippen LogP contribution in [0.5, 0.6) is 0 Å². The lowest BCUT2D eigenvalue weighted by molar-refractivity contribution is 0.0748. The molecule has 0 bridgehead atoms. The van der Waals surface area contributed by atoms with Crippen molar-refractivity contribution in [2.75, 3.05) is 31.1 Å². The quantitative estimate of drug-likeness (QED) is 0.707. The summed E-state index contributed by atoms with van der Waals surface area (Å²) in [7, 11) is 1.86. The van der Waals surface area contributed by atoms with Crippen LogP contribution in [0.1, 0.15) is 21.7 Å². The second-order valence-corrected chi connectivity index (χ2v) is 6.70. The summed E-state index contributed by atoms with van der Waals surface area (Å²) >= 11 is 0. The van der Waals surface area contributed by atoms with Crippen LogP contribution in [-0.2, 0) is 7.05 Å². The Bertz CT molecular complexity index is 957. The molecule has 4 rings (SSSR count). The van der Waals surface area contributed by atoms with Crippen molar-refractivity contribution in [3.8, 4) is 0 Å². The fraction of sp³-hybridized carbons (Fsp3) is 0.368. The standard InChI is InChI=1S/C19H22N6O/c1-13-12-16(17-14(2)22-23(3)18(17)21-13)19(26)25-10-8-24(9-11-25)15-4-6-20-7-5-15/h4-7,12H,8-11H2,1-3H3. The highest BCUT2D eigenvalue weighted by atomic mass is 16.2. The van der Waals surface area contributed by atoms with Gasteiger partial charge in [-0.1, -0.05) is 0 Å². The Kier molecular flexibility index (Phi) is 4.06. The Balaban J connectivity index is 1.59. The molecule has 1 aliphatic heterocycles. The molecule has 0 spiro atoms. The summed E-state index contributed by atoms with van der Waals surface area (Å²) in [5, 5.41) is 5.30. The van der Waals surface area contributed by atoms with Crippen LogP contribution in [-0.4, -0.2) is 56.7 Å². The molecule has 4 heterocycles. The number of rotatable bonds is 2. The maximum Gasteiger partial charge on any atom is 0.254 e. The summed E-state index contributed by atoms with van der Waals surface area (Å²) in [5.74, 6) is 0.0611. The Morgan fingerprint density at radius 3 is 2.46 bits per heavy atom. The molecule has 0 aliphatic carbocycles. The molecule has 0 atom stereocenters. The minimum atomic E-state index is 0.0611. The summed E-state index contributed by atoms with van der Waals surface area (Å²) in [4.78, 5) is 26.0. The zero-order chi connectivity index (χ0) is 18.3. The van der Waals surface area contributed by atoms with Crippen molar-refractivity contribution >= 4 is 22.6 Å². The number of aromatic nitrogens is 4. The first-order chi connectivity index (χ1) is 12.5. The lowest BCUT2D eigenvalue weighted by atomic mass is 10.1. The highest BCUT2D eigenvalue weighted by Gasteiger charge is 2.25. The number of piperazine rings is 1. The van der Waals surface area contributed by atoms with E-state index >= 15 is 0 Å². The smallest absolute Gasteiger partial charge is 0.254 e. The predicted molar refractivity (Wildman–Crippen MR) is 100 cm³/mol. The monoisotopic (exact) mass is 350 g/mol. The van der Waals surface area contributed by atoms with Crippen LogP contribution in [0.15, 0.2) is 30.6 Å². The van der Waals surface area contributed by atoms with E-state index in [1.54, 1.807) is 17.1 Å². The van der Waals surface area contributed by atoms with Crippen molar-refractivity contribution in [2.45, 2.75) is 13.8 Å². The Morgan fingerprint density at radius 2 is 1.77 bits per heavy atom. The van der Waals surface area contributed by atoms with Crippen LogP contribution in [0.3, 0.4) is 0 Å². The van der Waals surface area contributed by atoms with Gasteiger partial charge in [0.05, 0.1) is 16.6 Å². The molecule has 134 valence electrons. The number of aryl methyl sites for hydroxylation is 3. The minimum absolute atomic E-state index is 0.0611. The zero-order valence-corrected chi connectivity index (χ0v) is 15.3. The van der Waals surface area contributed by atoms with Gasteiger partial charge >= 0.3 is 0 Å². The van der Waals surface area contributed by atoms with Crippen LogP contribution in [0, 0.1) is 13.8 Å². The van der Waals surface area contributed by atoms with E-state index in [0.29, 0.717) is 18.7 Å². The van der Waals surface area contributed by atoms with Crippen molar-refractivity contribution < 1.29 is 4.79 Å². The fourth-order valence-electron chi connectivity index (χ4n) is 3.63. The molecule has 0 aromatic carbocycles. The summed E-state index contributed by atoms with van der Waals surface area (Å²) in [6.07, 6.45) is 3.60. The van der Waals surface area contributed by atoms with Gasteiger partial charge in [0.15, 0.2) is 5.65 Å². The topological polar surface area (TPSA) is 67.2 Å². The van der Waals surface area contributed by atoms with Crippen LogP contribution in [0.4, 0.5) is 5.69 Å². The maximum absolute atomic E-state index is 13.2. The Hall–Kier alpha value is -2.96. The predicted octanol–water partition coefficient (Wildman–Crippen LogP) is 1.94. The number of anilines is 1. The molecule has 0 saturated carbocycles. The second-order valence-electron chi connectivity index (χ2n) is 6.70. The van der Waals surface area contributed by atoms with Crippen molar-refractivity contribution in [2.24, 2.45) is 7.05 Å². The minimum Gasteiger partial charge on any atom is -0.368 e. The maximum atomic E-state index is 13.2. The highest BCUT2D eigenvalue weighted by Crippen LogP contribution is 2.24. The molecule has 7 heteroatoms. The molecule has 1 saturated heterocycles.